The smallest absolute Gasteiger partial charge is 0.234 e. The molecule has 0 fully saturated rings. The molecule has 0 bridgehead atoms. The summed E-state index contributed by atoms with van der Waals surface area (Å²) < 4.78 is 0. The Hall–Kier alpha value is -1.22. The number of carbonyl (C=O) groups excluding carboxylic acids is 2. The molecule has 8 heteroatoms. The second kappa shape index (κ2) is 36.6. The van der Waals surface area contributed by atoms with Crippen molar-refractivity contribution in [2.24, 2.45) is 23.1 Å². The molecular weight excluding hydrogens is 608 g/mol. The van der Waals surface area contributed by atoms with Crippen LogP contribution in [0.2, 0.25) is 0 Å². The van der Waals surface area contributed by atoms with Crippen LogP contribution in [-0.4, -0.2) is 80.0 Å². The molecule has 0 heterocycles. The van der Waals surface area contributed by atoms with Crippen LogP contribution in [0.25, 0.3) is 0 Å². The number of primary amides is 1. The average molecular weight is 695 g/mol. The minimum absolute atomic E-state index is 0.111. The number of amides is 2. The lowest BCUT2D eigenvalue weighted by Gasteiger charge is -2.30. The SMILES string of the molecule is CCCCCCCCCCCCCCN(CC(CCCCCCCCCCCC)NCCCN(CCCN)CCCN)C(=O)C(C)C(N)=O. The predicted octanol–water partition coefficient (Wildman–Crippen LogP) is 8.30. The molecule has 0 aliphatic heterocycles. The van der Waals surface area contributed by atoms with Crippen LogP contribution in [0.4, 0.5) is 0 Å². The van der Waals surface area contributed by atoms with Crippen molar-refractivity contribution < 1.29 is 9.59 Å². The van der Waals surface area contributed by atoms with Crippen molar-refractivity contribution in [2.45, 2.75) is 194 Å². The third-order valence-corrected chi connectivity index (χ3v) is 10.2. The van der Waals surface area contributed by atoms with E-state index >= 15 is 0 Å². The van der Waals surface area contributed by atoms with Gasteiger partial charge in [-0.1, -0.05) is 149 Å². The van der Waals surface area contributed by atoms with Crippen molar-refractivity contribution in [1.82, 2.24) is 15.1 Å². The molecule has 0 aromatic carbocycles. The Labute approximate surface area is 305 Å². The monoisotopic (exact) mass is 695 g/mol. The number of nitrogens with zero attached hydrogens (tertiary/aromatic N) is 2. The van der Waals surface area contributed by atoms with E-state index in [9.17, 15) is 9.59 Å². The Morgan fingerprint density at radius 2 is 0.959 bits per heavy atom. The molecule has 2 atom stereocenters. The van der Waals surface area contributed by atoms with E-state index in [1.807, 2.05) is 4.90 Å². The molecule has 0 aromatic rings. The van der Waals surface area contributed by atoms with Gasteiger partial charge in [0.1, 0.15) is 5.92 Å². The molecule has 0 rings (SSSR count). The summed E-state index contributed by atoms with van der Waals surface area (Å²) in [6.45, 7) is 13.0. The number of nitrogens with two attached hydrogens (primary N) is 3. The number of carbonyl (C=O) groups is 2. The van der Waals surface area contributed by atoms with Crippen LogP contribution < -0.4 is 22.5 Å². The fourth-order valence-corrected chi connectivity index (χ4v) is 6.81. The fourth-order valence-electron chi connectivity index (χ4n) is 6.81. The van der Waals surface area contributed by atoms with E-state index < -0.39 is 11.8 Å². The summed E-state index contributed by atoms with van der Waals surface area (Å²) in [4.78, 5) is 30.0. The van der Waals surface area contributed by atoms with E-state index in [4.69, 9.17) is 17.2 Å². The summed E-state index contributed by atoms with van der Waals surface area (Å²) in [5, 5.41) is 3.83. The van der Waals surface area contributed by atoms with Crippen molar-refractivity contribution in [3.05, 3.63) is 0 Å². The molecule has 49 heavy (non-hydrogen) atoms. The number of rotatable bonds is 39. The van der Waals surface area contributed by atoms with E-state index in [0.29, 0.717) is 26.2 Å². The van der Waals surface area contributed by atoms with Gasteiger partial charge < -0.3 is 32.3 Å². The largest absolute Gasteiger partial charge is 0.369 e. The minimum Gasteiger partial charge on any atom is -0.369 e. The van der Waals surface area contributed by atoms with Crippen molar-refractivity contribution in [3.8, 4) is 0 Å². The molecule has 0 saturated carbocycles. The molecule has 2 unspecified atom stereocenters. The lowest BCUT2D eigenvalue weighted by Crippen LogP contribution is -2.48. The lowest BCUT2D eigenvalue weighted by molar-refractivity contribution is -0.140. The van der Waals surface area contributed by atoms with Crippen molar-refractivity contribution in [3.63, 3.8) is 0 Å². The van der Waals surface area contributed by atoms with Crippen molar-refractivity contribution in [2.75, 3.05) is 52.4 Å². The van der Waals surface area contributed by atoms with Gasteiger partial charge in [0.15, 0.2) is 0 Å². The third kappa shape index (κ3) is 30.1. The Morgan fingerprint density at radius 1 is 0.551 bits per heavy atom. The highest BCUT2D eigenvalue weighted by Crippen LogP contribution is 2.16. The zero-order valence-electron chi connectivity index (χ0n) is 33.1. The molecule has 2 amide bonds. The maximum atomic E-state index is 13.5. The predicted molar refractivity (Wildman–Crippen MR) is 213 cm³/mol. The highest BCUT2D eigenvalue weighted by atomic mass is 16.2. The van der Waals surface area contributed by atoms with Crippen LogP contribution in [0.5, 0.6) is 0 Å². The van der Waals surface area contributed by atoms with E-state index in [-0.39, 0.29) is 11.9 Å². The second-order valence-corrected chi connectivity index (χ2v) is 14.9. The Balaban J connectivity index is 5.01. The van der Waals surface area contributed by atoms with Gasteiger partial charge in [0.05, 0.1) is 0 Å². The van der Waals surface area contributed by atoms with Gasteiger partial charge in [0.25, 0.3) is 0 Å². The molecule has 0 radical (unpaired) electrons. The summed E-state index contributed by atoms with van der Waals surface area (Å²) >= 11 is 0. The maximum absolute atomic E-state index is 13.5. The molecule has 0 aliphatic rings. The Bertz CT molecular complexity index is 716. The lowest BCUT2D eigenvalue weighted by atomic mass is 10.0. The van der Waals surface area contributed by atoms with Gasteiger partial charge in [0, 0.05) is 19.1 Å². The van der Waals surface area contributed by atoms with Crippen LogP contribution in [0.3, 0.4) is 0 Å². The fraction of sp³-hybridized carbons (Fsp3) is 0.951. The summed E-state index contributed by atoms with van der Waals surface area (Å²) in [6, 6.07) is 0.219. The molecule has 7 N–H and O–H groups in total. The molecule has 0 aliphatic carbocycles. The van der Waals surface area contributed by atoms with E-state index in [1.165, 1.54) is 128 Å². The first kappa shape index (κ1) is 47.8. The van der Waals surface area contributed by atoms with Crippen LogP contribution in [0.1, 0.15) is 188 Å². The van der Waals surface area contributed by atoms with Gasteiger partial charge in [-0.05, 0) is 78.3 Å². The average Bonchev–Trinajstić information content (AvgIpc) is 3.10. The van der Waals surface area contributed by atoms with Crippen LogP contribution in [0, 0.1) is 5.92 Å². The molecule has 8 nitrogen and oxygen atoms in total. The first-order valence-electron chi connectivity index (χ1n) is 21.3. The highest BCUT2D eigenvalue weighted by Gasteiger charge is 2.26. The summed E-state index contributed by atoms with van der Waals surface area (Å²) in [5.41, 5.74) is 17.2. The second-order valence-electron chi connectivity index (χ2n) is 14.9. The number of unbranched alkanes of at least 4 members (excludes halogenated alkanes) is 20. The first-order valence-corrected chi connectivity index (χ1v) is 21.3. The molecular formula is C41H86N6O2. The summed E-state index contributed by atoms with van der Waals surface area (Å²) in [5.74, 6) is -1.42. The Kier molecular flexibility index (Phi) is 35.7. The van der Waals surface area contributed by atoms with Crippen LogP contribution >= 0.6 is 0 Å². The maximum Gasteiger partial charge on any atom is 0.234 e. The van der Waals surface area contributed by atoms with E-state index in [0.717, 1.165) is 64.7 Å². The molecule has 292 valence electrons. The normalized spacial score (nSPS) is 12.9. The van der Waals surface area contributed by atoms with Crippen LogP contribution in [-0.2, 0) is 9.59 Å². The standard InChI is InChI=1S/C41H86N6O2/c1-4-6-8-10-12-14-16-17-19-21-23-25-36-47(41(49)38(3)40(44)48)37-39(29-24-22-20-18-15-13-11-9-7-5-2)45-32-28-35-46(33-26-30-42)34-27-31-43/h38-39,45H,4-37,42-43H2,1-3H3,(H2,44,48). The third-order valence-electron chi connectivity index (χ3n) is 10.2. The summed E-state index contributed by atoms with van der Waals surface area (Å²) in [7, 11) is 0. The molecule has 0 aromatic heterocycles. The van der Waals surface area contributed by atoms with Crippen molar-refractivity contribution >= 4 is 11.8 Å². The quantitative estimate of drug-likeness (QED) is 0.0378. The number of nitrogens with one attached hydrogen (secondary N) is 1. The zero-order valence-corrected chi connectivity index (χ0v) is 33.1. The van der Waals surface area contributed by atoms with Crippen molar-refractivity contribution in [1.29, 1.82) is 0 Å². The summed E-state index contributed by atoms with van der Waals surface area (Å²) in [6.07, 6.45) is 32.7. The topological polar surface area (TPSA) is 131 Å². The Morgan fingerprint density at radius 3 is 1.39 bits per heavy atom. The zero-order chi connectivity index (χ0) is 36.2. The number of hydrogen-bond donors (Lipinski definition) is 4. The van der Waals surface area contributed by atoms with E-state index in [2.05, 4.69) is 24.1 Å². The first-order chi connectivity index (χ1) is 23.9. The van der Waals surface area contributed by atoms with Gasteiger partial charge in [-0.25, -0.2) is 0 Å². The van der Waals surface area contributed by atoms with Gasteiger partial charge in [-0.15, -0.1) is 0 Å². The number of hydrogen-bond acceptors (Lipinski definition) is 6. The molecule has 0 spiro atoms. The van der Waals surface area contributed by atoms with E-state index in [1.54, 1.807) is 6.92 Å². The van der Waals surface area contributed by atoms with Gasteiger partial charge in [-0.3, -0.25) is 9.59 Å². The van der Waals surface area contributed by atoms with Gasteiger partial charge >= 0.3 is 0 Å². The highest BCUT2D eigenvalue weighted by molar-refractivity contribution is 5.99. The van der Waals surface area contributed by atoms with Crippen LogP contribution in [0.15, 0.2) is 0 Å². The van der Waals surface area contributed by atoms with Gasteiger partial charge in [-0.2, -0.15) is 0 Å². The minimum atomic E-state index is -0.783. The van der Waals surface area contributed by atoms with Gasteiger partial charge in [0.2, 0.25) is 11.8 Å². The molecule has 0 saturated heterocycles.